The van der Waals surface area contributed by atoms with Gasteiger partial charge >= 0.3 is 12.2 Å². The summed E-state index contributed by atoms with van der Waals surface area (Å²) in [4.78, 5) is 13.5. The lowest BCUT2D eigenvalue weighted by Crippen LogP contribution is -2.19. The smallest absolute Gasteiger partial charge is 0.414 e. The molecule has 0 radical (unpaired) electrons. The molecule has 0 spiro atoms. The third-order valence-electron chi connectivity index (χ3n) is 1.96. The molecule has 1 atom stereocenters. The van der Waals surface area contributed by atoms with E-state index in [1.807, 2.05) is 13.0 Å². The second-order valence-electron chi connectivity index (χ2n) is 3.13. The van der Waals surface area contributed by atoms with E-state index in [0.29, 0.717) is 0 Å². The van der Waals surface area contributed by atoms with Gasteiger partial charge in [-0.2, -0.15) is 4.79 Å². The van der Waals surface area contributed by atoms with Gasteiger partial charge in [0.2, 0.25) is 0 Å². The van der Waals surface area contributed by atoms with Crippen LogP contribution in [0.4, 0.5) is 0 Å². The molecule has 4 heteroatoms. The van der Waals surface area contributed by atoms with E-state index in [-0.39, 0.29) is 6.10 Å². The first-order valence-corrected chi connectivity index (χ1v) is 4.27. The molecule has 1 aliphatic carbocycles. The molecule has 0 aromatic heterocycles. The molecule has 0 amide bonds. The van der Waals surface area contributed by atoms with Gasteiger partial charge < -0.3 is 10.3 Å². The van der Waals surface area contributed by atoms with Gasteiger partial charge in [0, 0.05) is 0 Å². The third kappa shape index (κ3) is 3.22. The number of hydrogen-bond acceptors (Lipinski definition) is 2. The molecule has 0 aliphatic heterocycles. The highest BCUT2D eigenvalue weighted by Crippen LogP contribution is 2.19. The molecule has 0 aromatic carbocycles. The summed E-state index contributed by atoms with van der Waals surface area (Å²) in [5.41, 5.74) is 9.31. The summed E-state index contributed by atoms with van der Waals surface area (Å²) >= 11 is 0. The fraction of sp³-hybridized carbons (Fsp3) is 0.556. The van der Waals surface area contributed by atoms with Crippen LogP contribution in [0.5, 0.6) is 0 Å². The van der Waals surface area contributed by atoms with Crippen molar-refractivity contribution in [1.29, 1.82) is 0 Å². The van der Waals surface area contributed by atoms with Crippen LogP contribution >= 0.6 is 0 Å². The van der Waals surface area contributed by atoms with E-state index < -0.39 is 5.97 Å². The molecule has 0 unspecified atom stereocenters. The molecular weight excluding hydrogens is 168 g/mol. The quantitative estimate of drug-likeness (QED) is 0.211. The molecule has 0 fully saturated rings. The topological polar surface area (TPSA) is 62.7 Å². The number of rotatable bonds is 2. The van der Waals surface area contributed by atoms with Gasteiger partial charge in [-0.05, 0) is 32.3 Å². The van der Waals surface area contributed by atoms with Crippen LogP contribution in [0.2, 0.25) is 0 Å². The predicted octanol–water partition coefficient (Wildman–Crippen LogP) is 1.33. The summed E-state index contributed by atoms with van der Waals surface area (Å²) in [6, 6.07) is 0. The largest absolute Gasteiger partial charge is 0.450 e. The SMILES string of the molecule is CC1=C[C@H](OC(=O)C=[N+]=[N-])CCC1. The fourth-order valence-electron chi connectivity index (χ4n) is 1.39. The number of esters is 1. The lowest BCUT2D eigenvalue weighted by Gasteiger charge is -2.17. The Balaban J connectivity index is 2.49. The van der Waals surface area contributed by atoms with Crippen molar-refractivity contribution in [2.75, 3.05) is 0 Å². The van der Waals surface area contributed by atoms with Gasteiger partial charge in [-0.25, -0.2) is 4.79 Å². The van der Waals surface area contributed by atoms with Crippen molar-refractivity contribution in [3.63, 3.8) is 0 Å². The summed E-state index contributed by atoms with van der Waals surface area (Å²) in [5, 5.41) is 0. The van der Waals surface area contributed by atoms with Crippen molar-refractivity contribution < 1.29 is 14.3 Å². The normalized spacial score (nSPS) is 21.3. The minimum absolute atomic E-state index is 0.153. The number of carbonyl (C=O) groups is 1. The maximum atomic E-state index is 10.9. The molecule has 0 aromatic rings. The van der Waals surface area contributed by atoms with Crippen LogP contribution in [0.3, 0.4) is 0 Å². The first-order valence-electron chi connectivity index (χ1n) is 4.27. The second-order valence-corrected chi connectivity index (χ2v) is 3.13. The maximum absolute atomic E-state index is 10.9. The van der Waals surface area contributed by atoms with Gasteiger partial charge in [-0.15, -0.1) is 0 Å². The van der Waals surface area contributed by atoms with Crippen LogP contribution in [0.25, 0.3) is 5.53 Å². The van der Waals surface area contributed by atoms with Crippen molar-refractivity contribution in [2.45, 2.75) is 32.3 Å². The highest BCUT2D eigenvalue weighted by atomic mass is 16.5. The third-order valence-corrected chi connectivity index (χ3v) is 1.96. The predicted molar refractivity (Wildman–Crippen MR) is 47.2 cm³/mol. The Kier molecular flexibility index (Phi) is 3.41. The molecule has 0 N–H and O–H groups in total. The van der Waals surface area contributed by atoms with Crippen molar-refractivity contribution in [1.82, 2.24) is 0 Å². The van der Waals surface area contributed by atoms with E-state index in [1.54, 1.807) is 0 Å². The van der Waals surface area contributed by atoms with Gasteiger partial charge in [-0.3, -0.25) is 0 Å². The lowest BCUT2D eigenvalue weighted by atomic mass is 9.99. The van der Waals surface area contributed by atoms with Crippen LogP contribution in [-0.4, -0.2) is 23.1 Å². The molecule has 70 valence electrons. The van der Waals surface area contributed by atoms with E-state index in [2.05, 4.69) is 4.79 Å². The van der Waals surface area contributed by atoms with Crippen LogP contribution < -0.4 is 0 Å². The summed E-state index contributed by atoms with van der Waals surface area (Å²) in [7, 11) is 0. The lowest BCUT2D eigenvalue weighted by molar-refractivity contribution is -0.142. The van der Waals surface area contributed by atoms with Crippen molar-refractivity contribution in [3.05, 3.63) is 17.2 Å². The van der Waals surface area contributed by atoms with Gasteiger partial charge in [0.15, 0.2) is 0 Å². The first kappa shape index (κ1) is 9.68. The second kappa shape index (κ2) is 4.58. The van der Waals surface area contributed by atoms with Gasteiger partial charge in [0.05, 0.1) is 0 Å². The average Bonchev–Trinajstić information content (AvgIpc) is 2.04. The number of hydrogen-bond donors (Lipinski definition) is 0. The van der Waals surface area contributed by atoms with Crippen LogP contribution in [-0.2, 0) is 9.53 Å². The summed E-state index contributed by atoms with van der Waals surface area (Å²) < 4.78 is 4.98. The number of allylic oxidation sites excluding steroid dienone is 1. The first-order chi connectivity index (χ1) is 6.22. The van der Waals surface area contributed by atoms with Crippen LogP contribution in [0, 0.1) is 0 Å². The molecule has 0 bridgehead atoms. The minimum atomic E-state index is -0.599. The van der Waals surface area contributed by atoms with Gasteiger partial charge in [0.1, 0.15) is 6.10 Å². The fourth-order valence-corrected chi connectivity index (χ4v) is 1.39. The maximum Gasteiger partial charge on any atom is 0.414 e. The van der Waals surface area contributed by atoms with Gasteiger partial charge in [-0.1, -0.05) is 5.57 Å². The highest BCUT2D eigenvalue weighted by molar-refractivity contribution is 6.20. The molecule has 0 heterocycles. The van der Waals surface area contributed by atoms with Crippen molar-refractivity contribution in [3.8, 4) is 0 Å². The van der Waals surface area contributed by atoms with E-state index in [9.17, 15) is 4.79 Å². The highest BCUT2D eigenvalue weighted by Gasteiger charge is 2.16. The Hall–Kier alpha value is -1.41. The Morgan fingerprint density at radius 3 is 3.23 bits per heavy atom. The zero-order valence-electron chi connectivity index (χ0n) is 7.56. The minimum Gasteiger partial charge on any atom is -0.450 e. The Morgan fingerprint density at radius 2 is 2.62 bits per heavy atom. The van der Waals surface area contributed by atoms with E-state index >= 15 is 0 Å². The Labute approximate surface area is 76.8 Å². The molecule has 0 saturated carbocycles. The Morgan fingerprint density at radius 1 is 1.85 bits per heavy atom. The van der Waals surface area contributed by atoms with Crippen molar-refractivity contribution in [2.24, 2.45) is 0 Å². The molecule has 13 heavy (non-hydrogen) atoms. The zero-order chi connectivity index (χ0) is 9.68. The molecule has 4 nitrogen and oxygen atoms in total. The summed E-state index contributed by atoms with van der Waals surface area (Å²) in [5.74, 6) is -0.599. The number of carbonyl (C=O) groups excluding carboxylic acids is 1. The molecule has 1 rings (SSSR count). The standard InChI is InChI=1S/C9H12N2O2/c1-7-3-2-4-8(5-7)13-9(12)6-11-10/h5-6,8H,2-4H2,1H3/t8-/m1/s1. The molecule has 1 aliphatic rings. The molecule has 0 saturated heterocycles. The van der Waals surface area contributed by atoms with Crippen molar-refractivity contribution >= 4 is 12.2 Å². The number of ether oxygens (including phenoxy) is 1. The summed E-state index contributed by atoms with van der Waals surface area (Å²) in [6.07, 6.45) is 5.50. The van der Waals surface area contributed by atoms with Gasteiger partial charge in [0.25, 0.3) is 0 Å². The van der Waals surface area contributed by atoms with E-state index in [1.165, 1.54) is 5.57 Å². The van der Waals surface area contributed by atoms with Crippen LogP contribution in [0.15, 0.2) is 11.6 Å². The average molecular weight is 180 g/mol. The molecular formula is C9H12N2O2. The summed E-state index contributed by atoms with van der Waals surface area (Å²) in [6.45, 7) is 2.01. The zero-order valence-corrected chi connectivity index (χ0v) is 7.56. The van der Waals surface area contributed by atoms with Crippen LogP contribution in [0.1, 0.15) is 26.2 Å². The monoisotopic (exact) mass is 180 g/mol. The Bertz CT molecular complexity index is 277. The van der Waals surface area contributed by atoms with E-state index in [4.69, 9.17) is 10.3 Å². The number of nitrogens with zero attached hydrogens (tertiary/aromatic N) is 2. The van der Waals surface area contributed by atoms with E-state index in [0.717, 1.165) is 25.5 Å².